The molecule has 0 amide bonds. The molecule has 5 nitrogen and oxygen atoms in total. The van der Waals surface area contributed by atoms with E-state index in [2.05, 4.69) is 41.2 Å². The Balaban J connectivity index is 1.86. The average molecular weight is 400 g/mol. The van der Waals surface area contributed by atoms with Crippen LogP contribution in [0.2, 0.25) is 0 Å². The number of aromatic nitrogens is 2. The monoisotopic (exact) mass is 400 g/mol. The third-order valence-corrected chi connectivity index (χ3v) is 5.25. The molecule has 2 aromatic heterocycles. The van der Waals surface area contributed by atoms with Gasteiger partial charge in [0.25, 0.3) is 0 Å². The first-order chi connectivity index (χ1) is 14.6. The lowest BCUT2D eigenvalue weighted by atomic mass is 9.98. The summed E-state index contributed by atoms with van der Waals surface area (Å²) in [5.74, 6) is -0.236. The molecular formula is C25H24N2O3. The fourth-order valence-corrected chi connectivity index (χ4v) is 3.84. The minimum absolute atomic E-state index is 0.0560. The summed E-state index contributed by atoms with van der Waals surface area (Å²) < 4.78 is 5.39. The number of carbonyl (C=O) groups is 1. The lowest BCUT2D eigenvalue weighted by molar-refractivity contribution is 0.0690. The zero-order chi connectivity index (χ0) is 21.1. The Kier molecular flexibility index (Phi) is 5.53. The first-order valence-electron chi connectivity index (χ1n) is 10.1. The topological polar surface area (TPSA) is 75.2 Å². The van der Waals surface area contributed by atoms with E-state index in [1.165, 1.54) is 11.6 Å². The predicted molar refractivity (Wildman–Crippen MR) is 118 cm³/mol. The quantitative estimate of drug-likeness (QED) is 0.431. The summed E-state index contributed by atoms with van der Waals surface area (Å²) in [6, 6.07) is 19.6. The first-order valence-corrected chi connectivity index (χ1v) is 10.1. The summed E-state index contributed by atoms with van der Waals surface area (Å²) in [4.78, 5) is 19.2. The van der Waals surface area contributed by atoms with Gasteiger partial charge < -0.3 is 14.8 Å². The van der Waals surface area contributed by atoms with Crippen molar-refractivity contribution in [3.05, 3.63) is 83.2 Å². The largest absolute Gasteiger partial charge is 0.497 e. The van der Waals surface area contributed by atoms with Crippen molar-refractivity contribution >= 4 is 16.9 Å². The van der Waals surface area contributed by atoms with Crippen LogP contribution in [0.1, 0.15) is 40.7 Å². The molecule has 152 valence electrons. The van der Waals surface area contributed by atoms with Crippen LogP contribution in [0, 0.1) is 0 Å². The zero-order valence-electron chi connectivity index (χ0n) is 17.1. The number of aromatic carboxylic acids is 1. The van der Waals surface area contributed by atoms with Crippen LogP contribution in [0.5, 0.6) is 5.75 Å². The molecular weight excluding hydrogens is 376 g/mol. The van der Waals surface area contributed by atoms with Crippen LogP contribution < -0.4 is 4.74 Å². The average Bonchev–Trinajstić information content (AvgIpc) is 3.12. The van der Waals surface area contributed by atoms with Gasteiger partial charge in [-0.2, -0.15) is 0 Å². The number of aryl methyl sites for hydroxylation is 1. The van der Waals surface area contributed by atoms with Crippen LogP contribution in [0.25, 0.3) is 22.2 Å². The molecule has 30 heavy (non-hydrogen) atoms. The van der Waals surface area contributed by atoms with Gasteiger partial charge in [-0.15, -0.1) is 0 Å². The van der Waals surface area contributed by atoms with Crippen LogP contribution in [-0.4, -0.2) is 28.2 Å². The van der Waals surface area contributed by atoms with Crippen molar-refractivity contribution in [3.8, 4) is 17.0 Å². The van der Waals surface area contributed by atoms with Crippen LogP contribution in [0.4, 0.5) is 0 Å². The molecule has 0 spiro atoms. The number of aromatic amines is 1. The van der Waals surface area contributed by atoms with E-state index in [1.807, 2.05) is 24.3 Å². The van der Waals surface area contributed by atoms with Gasteiger partial charge in [0.1, 0.15) is 11.4 Å². The van der Waals surface area contributed by atoms with Crippen LogP contribution in [0.3, 0.4) is 0 Å². The van der Waals surface area contributed by atoms with Gasteiger partial charge in [0.05, 0.1) is 12.8 Å². The van der Waals surface area contributed by atoms with Gasteiger partial charge in [0.2, 0.25) is 0 Å². The van der Waals surface area contributed by atoms with E-state index in [0.717, 1.165) is 52.0 Å². The van der Waals surface area contributed by atoms with Crippen molar-refractivity contribution < 1.29 is 14.6 Å². The second-order valence-electron chi connectivity index (χ2n) is 7.34. The lowest BCUT2D eigenvalue weighted by Gasteiger charge is -2.08. The minimum atomic E-state index is -1.02. The molecule has 0 unspecified atom stereocenters. The number of nitrogens with one attached hydrogen (secondary N) is 1. The van der Waals surface area contributed by atoms with E-state index in [0.29, 0.717) is 6.42 Å². The minimum Gasteiger partial charge on any atom is -0.497 e. The van der Waals surface area contributed by atoms with Crippen LogP contribution >= 0.6 is 0 Å². The smallest absolute Gasteiger partial charge is 0.354 e. The molecule has 0 aliphatic rings. The third kappa shape index (κ3) is 3.92. The number of methoxy groups -OCH3 is 1. The fraction of sp³-hybridized carbons (Fsp3) is 0.200. The normalized spacial score (nSPS) is 11.0. The molecule has 2 heterocycles. The number of H-pyrrole nitrogens is 1. The summed E-state index contributed by atoms with van der Waals surface area (Å²) in [7, 11) is 1.65. The van der Waals surface area contributed by atoms with Gasteiger partial charge in [-0.1, -0.05) is 37.6 Å². The Morgan fingerprint density at radius 3 is 2.70 bits per heavy atom. The maximum absolute atomic E-state index is 11.3. The molecule has 0 bridgehead atoms. The zero-order valence-corrected chi connectivity index (χ0v) is 17.1. The van der Waals surface area contributed by atoms with Crippen molar-refractivity contribution in [3.63, 3.8) is 0 Å². The standard InChI is InChI=1S/C25H24N2O3/c1-3-6-16-7-4-8-17(13-16)24-21(14-18-9-5-10-22(26-18)25(28)29)20-12-11-19(30-2)15-23(20)27-24/h4-5,7-13,15,27H,3,6,14H2,1-2H3,(H,28,29). The van der Waals surface area contributed by atoms with Gasteiger partial charge in [-0.25, -0.2) is 9.78 Å². The number of nitrogens with zero attached hydrogens (tertiary/aromatic N) is 1. The van der Waals surface area contributed by atoms with Crippen molar-refractivity contribution in [2.24, 2.45) is 0 Å². The Morgan fingerprint density at radius 1 is 1.10 bits per heavy atom. The molecule has 0 aliphatic carbocycles. The number of hydrogen-bond donors (Lipinski definition) is 2. The van der Waals surface area contributed by atoms with Crippen molar-refractivity contribution in [1.29, 1.82) is 0 Å². The van der Waals surface area contributed by atoms with Crippen molar-refractivity contribution in [2.75, 3.05) is 7.11 Å². The Hall–Kier alpha value is -3.60. The number of fused-ring (bicyclic) bond motifs is 1. The molecule has 4 rings (SSSR count). The number of carboxylic acids is 1. The number of benzene rings is 2. The highest BCUT2D eigenvalue weighted by atomic mass is 16.5. The number of ether oxygens (including phenoxy) is 1. The summed E-state index contributed by atoms with van der Waals surface area (Å²) in [6.45, 7) is 2.18. The molecule has 0 radical (unpaired) electrons. The Bertz CT molecular complexity index is 1210. The highest BCUT2D eigenvalue weighted by Crippen LogP contribution is 2.34. The highest BCUT2D eigenvalue weighted by Gasteiger charge is 2.16. The summed E-state index contributed by atoms with van der Waals surface area (Å²) in [5, 5.41) is 10.4. The van der Waals surface area contributed by atoms with Gasteiger partial charge in [0, 0.05) is 29.1 Å². The maximum atomic E-state index is 11.3. The molecule has 4 aromatic rings. The van der Waals surface area contributed by atoms with Crippen LogP contribution in [-0.2, 0) is 12.8 Å². The molecule has 5 heteroatoms. The molecule has 0 saturated heterocycles. The van der Waals surface area contributed by atoms with Crippen molar-refractivity contribution in [1.82, 2.24) is 9.97 Å². The molecule has 0 fully saturated rings. The maximum Gasteiger partial charge on any atom is 0.354 e. The van der Waals surface area contributed by atoms with E-state index in [4.69, 9.17) is 4.74 Å². The summed E-state index contributed by atoms with van der Waals surface area (Å²) >= 11 is 0. The van der Waals surface area contributed by atoms with Crippen LogP contribution in [0.15, 0.2) is 60.7 Å². The SMILES string of the molecule is CCCc1cccc(-c2[nH]c3cc(OC)ccc3c2Cc2cccc(C(=O)O)n2)c1. The van der Waals surface area contributed by atoms with E-state index in [9.17, 15) is 9.90 Å². The van der Waals surface area contributed by atoms with Gasteiger partial charge in [0.15, 0.2) is 0 Å². The van der Waals surface area contributed by atoms with Crippen molar-refractivity contribution in [2.45, 2.75) is 26.2 Å². The number of hydrogen-bond acceptors (Lipinski definition) is 3. The summed E-state index contributed by atoms with van der Waals surface area (Å²) in [6.07, 6.45) is 2.65. The molecule has 0 aliphatic heterocycles. The van der Waals surface area contributed by atoms with E-state index < -0.39 is 5.97 Å². The molecule has 2 aromatic carbocycles. The lowest BCUT2D eigenvalue weighted by Crippen LogP contribution is -2.03. The number of carboxylic acid groups (broad SMARTS) is 1. The van der Waals surface area contributed by atoms with E-state index in [-0.39, 0.29) is 5.69 Å². The highest BCUT2D eigenvalue weighted by molar-refractivity contribution is 5.92. The Morgan fingerprint density at radius 2 is 1.93 bits per heavy atom. The molecule has 2 N–H and O–H groups in total. The third-order valence-electron chi connectivity index (χ3n) is 5.25. The van der Waals surface area contributed by atoms with Gasteiger partial charge >= 0.3 is 5.97 Å². The fourth-order valence-electron chi connectivity index (χ4n) is 3.84. The van der Waals surface area contributed by atoms with E-state index >= 15 is 0 Å². The summed E-state index contributed by atoms with van der Waals surface area (Å²) in [5.41, 5.74) is 6.28. The predicted octanol–water partition coefficient (Wildman–Crippen LogP) is 5.48. The second-order valence-corrected chi connectivity index (χ2v) is 7.34. The Labute approximate surface area is 175 Å². The van der Waals surface area contributed by atoms with Gasteiger partial charge in [-0.3, -0.25) is 0 Å². The molecule has 0 saturated carbocycles. The molecule has 0 atom stereocenters. The first kappa shape index (κ1) is 19.7. The number of pyridine rings is 1. The van der Waals surface area contributed by atoms with Gasteiger partial charge in [-0.05, 0) is 53.4 Å². The van der Waals surface area contributed by atoms with E-state index in [1.54, 1.807) is 13.2 Å². The second kappa shape index (κ2) is 8.41. The number of rotatable bonds is 7.